The predicted octanol–water partition coefficient (Wildman–Crippen LogP) is 2.89. The molecule has 0 fully saturated rings. The number of halogens is 1. The van der Waals surface area contributed by atoms with E-state index in [-0.39, 0.29) is 6.04 Å². The molecule has 0 aliphatic rings. The van der Waals surface area contributed by atoms with Crippen molar-refractivity contribution in [1.82, 2.24) is 24.9 Å². The van der Waals surface area contributed by atoms with Gasteiger partial charge in [0.05, 0.1) is 33.8 Å². The van der Waals surface area contributed by atoms with Gasteiger partial charge in [-0.3, -0.25) is 9.36 Å². The Labute approximate surface area is 128 Å². The molecule has 2 aromatic heterocycles. The molecule has 1 atom stereocenters. The van der Waals surface area contributed by atoms with Crippen LogP contribution < -0.4 is 5.32 Å². The molecule has 2 rings (SSSR count). The number of aromatic nitrogens is 4. The molecule has 6 heteroatoms. The molecule has 0 radical (unpaired) electrons. The highest BCUT2D eigenvalue weighted by Crippen LogP contribution is 2.29. The van der Waals surface area contributed by atoms with Gasteiger partial charge in [-0.1, -0.05) is 6.92 Å². The fourth-order valence-corrected chi connectivity index (χ4v) is 3.05. The zero-order valence-corrected chi connectivity index (χ0v) is 14.1. The summed E-state index contributed by atoms with van der Waals surface area (Å²) in [6, 6.07) is 2.22. The Morgan fingerprint density at radius 2 is 2.10 bits per heavy atom. The summed E-state index contributed by atoms with van der Waals surface area (Å²) < 4.78 is 5.15. The molecule has 110 valence electrons. The van der Waals surface area contributed by atoms with Crippen molar-refractivity contribution in [2.45, 2.75) is 46.3 Å². The molecular weight excluding hydrogens is 318 g/mol. The molecule has 0 saturated heterocycles. The molecule has 1 N–H and O–H groups in total. The predicted molar refractivity (Wildman–Crippen MR) is 83.8 cm³/mol. The van der Waals surface area contributed by atoms with Crippen molar-refractivity contribution in [2.24, 2.45) is 0 Å². The first kappa shape index (κ1) is 15.3. The highest BCUT2D eigenvalue weighted by molar-refractivity contribution is 9.10. The van der Waals surface area contributed by atoms with Crippen LogP contribution in [0.1, 0.15) is 43.4 Å². The number of hydrogen-bond donors (Lipinski definition) is 1. The van der Waals surface area contributed by atoms with Gasteiger partial charge in [0, 0.05) is 13.1 Å². The summed E-state index contributed by atoms with van der Waals surface area (Å²) in [6.07, 6.45) is 2.93. The topological polar surface area (TPSA) is 47.7 Å². The summed E-state index contributed by atoms with van der Waals surface area (Å²) in [7, 11) is 1.97. The largest absolute Gasteiger partial charge is 0.307 e. The van der Waals surface area contributed by atoms with E-state index in [1.807, 2.05) is 24.9 Å². The Bertz CT molecular complexity index is 572. The third-order valence-corrected chi connectivity index (χ3v) is 3.97. The van der Waals surface area contributed by atoms with Crippen LogP contribution in [-0.2, 0) is 13.1 Å². The lowest BCUT2D eigenvalue weighted by atomic mass is 10.1. The normalized spacial score (nSPS) is 12.8. The third-order valence-electron chi connectivity index (χ3n) is 3.36. The molecule has 1 unspecified atom stereocenters. The smallest absolute Gasteiger partial charge is 0.0928 e. The van der Waals surface area contributed by atoms with E-state index < -0.39 is 0 Å². The van der Waals surface area contributed by atoms with Gasteiger partial charge in [-0.05, 0) is 49.3 Å². The number of hydrogen-bond acceptors (Lipinski definition) is 3. The third kappa shape index (κ3) is 2.81. The van der Waals surface area contributed by atoms with Gasteiger partial charge in [-0.25, -0.2) is 0 Å². The van der Waals surface area contributed by atoms with Crippen LogP contribution in [0.3, 0.4) is 0 Å². The summed E-state index contributed by atoms with van der Waals surface area (Å²) in [5.41, 5.74) is 3.37. The van der Waals surface area contributed by atoms with E-state index in [1.165, 1.54) is 5.69 Å². The van der Waals surface area contributed by atoms with Crippen LogP contribution in [0.15, 0.2) is 16.7 Å². The van der Waals surface area contributed by atoms with Crippen LogP contribution in [0.5, 0.6) is 0 Å². The molecule has 0 aliphatic heterocycles. The molecule has 0 aliphatic carbocycles. The summed E-state index contributed by atoms with van der Waals surface area (Å²) in [6.45, 7) is 8.08. The fourth-order valence-electron chi connectivity index (χ4n) is 2.52. The van der Waals surface area contributed by atoms with E-state index >= 15 is 0 Å². The summed E-state index contributed by atoms with van der Waals surface area (Å²) in [4.78, 5) is 0. The van der Waals surface area contributed by atoms with Crippen LogP contribution in [0.2, 0.25) is 0 Å². The summed E-state index contributed by atoms with van der Waals surface area (Å²) >= 11 is 3.63. The highest BCUT2D eigenvalue weighted by atomic mass is 79.9. The van der Waals surface area contributed by atoms with Gasteiger partial charge in [-0.2, -0.15) is 10.2 Å². The lowest BCUT2D eigenvalue weighted by Gasteiger charge is -2.19. The number of nitrogens with zero attached hydrogens (tertiary/aromatic N) is 4. The first-order valence-electron chi connectivity index (χ1n) is 7.05. The van der Waals surface area contributed by atoms with Crippen LogP contribution in [0.4, 0.5) is 0 Å². The van der Waals surface area contributed by atoms with Crippen molar-refractivity contribution in [3.63, 3.8) is 0 Å². The Kier molecular flexibility index (Phi) is 4.99. The van der Waals surface area contributed by atoms with E-state index in [0.717, 1.165) is 35.4 Å². The first-order chi connectivity index (χ1) is 9.62. The van der Waals surface area contributed by atoms with Crippen molar-refractivity contribution in [3.8, 4) is 0 Å². The van der Waals surface area contributed by atoms with Crippen molar-refractivity contribution in [2.75, 3.05) is 7.05 Å². The second-order valence-corrected chi connectivity index (χ2v) is 5.70. The van der Waals surface area contributed by atoms with Gasteiger partial charge in [0.1, 0.15) is 0 Å². The minimum Gasteiger partial charge on any atom is -0.307 e. The Hall–Kier alpha value is -1.14. The van der Waals surface area contributed by atoms with E-state index in [4.69, 9.17) is 0 Å². The molecule has 0 saturated carbocycles. The quantitative estimate of drug-likeness (QED) is 0.880. The molecule has 0 spiro atoms. The fraction of sp³-hybridized carbons (Fsp3) is 0.571. The Morgan fingerprint density at radius 1 is 1.35 bits per heavy atom. The average molecular weight is 340 g/mol. The minimum absolute atomic E-state index is 0.0829. The first-order valence-corrected chi connectivity index (χ1v) is 7.84. The van der Waals surface area contributed by atoms with Gasteiger partial charge in [0.2, 0.25) is 0 Å². The molecule has 2 aromatic rings. The maximum absolute atomic E-state index is 4.54. The zero-order valence-electron chi connectivity index (χ0n) is 12.5. The van der Waals surface area contributed by atoms with E-state index in [0.29, 0.717) is 0 Å². The van der Waals surface area contributed by atoms with E-state index in [9.17, 15) is 0 Å². The number of nitrogens with one attached hydrogen (secondary N) is 1. The second-order valence-electron chi connectivity index (χ2n) is 4.85. The van der Waals surface area contributed by atoms with Crippen LogP contribution >= 0.6 is 15.9 Å². The molecule has 0 aromatic carbocycles. The highest BCUT2D eigenvalue weighted by Gasteiger charge is 2.23. The van der Waals surface area contributed by atoms with Crippen molar-refractivity contribution < 1.29 is 0 Å². The van der Waals surface area contributed by atoms with Crippen molar-refractivity contribution in [3.05, 3.63) is 33.8 Å². The lowest BCUT2D eigenvalue weighted by molar-refractivity contribution is 0.502. The van der Waals surface area contributed by atoms with Crippen LogP contribution in [0.25, 0.3) is 0 Å². The molecule has 0 bridgehead atoms. The van der Waals surface area contributed by atoms with E-state index in [1.54, 1.807) is 0 Å². The van der Waals surface area contributed by atoms with Crippen molar-refractivity contribution >= 4 is 15.9 Å². The minimum atomic E-state index is 0.0829. The number of aryl methyl sites for hydroxylation is 3. The zero-order chi connectivity index (χ0) is 14.7. The molecule has 2 heterocycles. The number of rotatable bonds is 6. The van der Waals surface area contributed by atoms with E-state index in [2.05, 4.69) is 56.0 Å². The van der Waals surface area contributed by atoms with Gasteiger partial charge < -0.3 is 5.32 Å². The van der Waals surface area contributed by atoms with Gasteiger partial charge in [0.25, 0.3) is 0 Å². The maximum atomic E-state index is 4.54. The van der Waals surface area contributed by atoms with Gasteiger partial charge in [0.15, 0.2) is 0 Å². The second kappa shape index (κ2) is 6.54. The SMILES string of the molecule is CCCn1ncc(Br)c1C(NC)c1cc(C)nn1CC. The standard InChI is InChI=1S/C14H22BrN5/c1-5-7-20-14(11(15)9-17-20)13(16-4)12-8-10(3)18-19(12)6-2/h8-9,13,16H,5-7H2,1-4H3. The summed E-state index contributed by atoms with van der Waals surface area (Å²) in [5, 5.41) is 12.4. The van der Waals surface area contributed by atoms with Gasteiger partial charge >= 0.3 is 0 Å². The van der Waals surface area contributed by atoms with Crippen molar-refractivity contribution in [1.29, 1.82) is 0 Å². The Balaban J connectivity index is 2.49. The lowest BCUT2D eigenvalue weighted by Crippen LogP contribution is -2.25. The molecule has 0 amide bonds. The Morgan fingerprint density at radius 3 is 2.70 bits per heavy atom. The molecular formula is C14H22BrN5. The monoisotopic (exact) mass is 339 g/mol. The van der Waals surface area contributed by atoms with Gasteiger partial charge in [-0.15, -0.1) is 0 Å². The van der Waals surface area contributed by atoms with Crippen LogP contribution in [-0.4, -0.2) is 26.6 Å². The summed E-state index contributed by atoms with van der Waals surface area (Å²) in [5.74, 6) is 0. The molecule has 5 nitrogen and oxygen atoms in total. The average Bonchev–Trinajstić information content (AvgIpc) is 2.97. The molecule has 20 heavy (non-hydrogen) atoms. The maximum Gasteiger partial charge on any atom is 0.0928 e. The van der Waals surface area contributed by atoms with Crippen LogP contribution in [0, 0.1) is 6.92 Å².